The monoisotopic (exact) mass is 402 g/mol. The summed E-state index contributed by atoms with van der Waals surface area (Å²) in [5.41, 5.74) is 6.00. The van der Waals surface area contributed by atoms with E-state index >= 15 is 0 Å². The molecule has 0 nitrogen and oxygen atoms in total. The molecule has 1 aliphatic carbocycles. The average molecular weight is 403 g/mol. The zero-order valence-electron chi connectivity index (χ0n) is 18.4. The van der Waals surface area contributed by atoms with Gasteiger partial charge in [-0.15, -0.1) is 0 Å². The molecule has 0 saturated heterocycles. The van der Waals surface area contributed by atoms with Crippen LogP contribution in [0.3, 0.4) is 0 Å². The van der Waals surface area contributed by atoms with E-state index in [-0.39, 0.29) is 0 Å². The maximum atomic E-state index is 4.19. The molecule has 0 amide bonds. The van der Waals surface area contributed by atoms with E-state index in [1.165, 1.54) is 58.7 Å². The molecule has 1 fully saturated rings. The Morgan fingerprint density at radius 3 is 2.16 bits per heavy atom. The van der Waals surface area contributed by atoms with Crippen molar-refractivity contribution in [3.8, 4) is 11.1 Å². The van der Waals surface area contributed by atoms with Crippen LogP contribution in [0.25, 0.3) is 34.1 Å². The van der Waals surface area contributed by atoms with E-state index in [0.29, 0.717) is 0 Å². The summed E-state index contributed by atoms with van der Waals surface area (Å²) in [4.78, 5) is 0. The number of benzene rings is 4. The minimum Gasteiger partial charge on any atom is -0.0984 e. The maximum absolute atomic E-state index is 4.19. The van der Waals surface area contributed by atoms with Crippen LogP contribution in [0, 0.1) is 6.92 Å². The third-order valence-electron chi connectivity index (χ3n) is 6.00. The van der Waals surface area contributed by atoms with Gasteiger partial charge in [-0.1, -0.05) is 124 Å². The highest BCUT2D eigenvalue weighted by Crippen LogP contribution is 2.31. The summed E-state index contributed by atoms with van der Waals surface area (Å²) in [6.45, 7) is 10.4. The number of hydrogen-bond donors (Lipinski definition) is 0. The molecule has 154 valence electrons. The fourth-order valence-corrected chi connectivity index (χ4v) is 3.99. The van der Waals surface area contributed by atoms with Gasteiger partial charge < -0.3 is 0 Å². The number of allylic oxidation sites excluding steroid dienone is 1. The smallest absolute Gasteiger partial charge is 0.0105 e. The highest BCUT2D eigenvalue weighted by atomic mass is 14.1. The second kappa shape index (κ2) is 9.62. The average Bonchev–Trinajstić information content (AvgIpc) is 2.74. The number of aryl methyl sites for hydroxylation is 1. The molecule has 0 atom stereocenters. The fourth-order valence-electron chi connectivity index (χ4n) is 3.99. The van der Waals surface area contributed by atoms with Crippen LogP contribution in [0.4, 0.5) is 0 Å². The first-order chi connectivity index (χ1) is 15.2. The van der Waals surface area contributed by atoms with Gasteiger partial charge in [0.15, 0.2) is 0 Å². The first-order valence-corrected chi connectivity index (χ1v) is 11.2. The van der Waals surface area contributed by atoms with Gasteiger partial charge in [0.2, 0.25) is 0 Å². The van der Waals surface area contributed by atoms with E-state index in [1.807, 2.05) is 18.2 Å². The summed E-state index contributed by atoms with van der Waals surface area (Å²) < 4.78 is 0. The second-order valence-electron chi connectivity index (χ2n) is 8.30. The Morgan fingerprint density at radius 1 is 0.774 bits per heavy atom. The zero-order chi connectivity index (χ0) is 21.6. The summed E-state index contributed by atoms with van der Waals surface area (Å²) in [5.74, 6) is 0. The molecule has 4 aromatic carbocycles. The van der Waals surface area contributed by atoms with Gasteiger partial charge in [0, 0.05) is 0 Å². The number of rotatable bonds is 3. The van der Waals surface area contributed by atoms with Crippen molar-refractivity contribution in [1.29, 1.82) is 0 Å². The van der Waals surface area contributed by atoms with E-state index in [9.17, 15) is 0 Å². The minimum atomic E-state index is 1.01. The van der Waals surface area contributed by atoms with E-state index in [4.69, 9.17) is 0 Å². The van der Waals surface area contributed by atoms with Crippen LogP contribution in [0.5, 0.6) is 0 Å². The lowest BCUT2D eigenvalue weighted by Crippen LogP contribution is -2.24. The van der Waals surface area contributed by atoms with Crippen LogP contribution < -0.4 is 10.4 Å². The van der Waals surface area contributed by atoms with Crippen LogP contribution in [-0.4, -0.2) is 0 Å². The predicted octanol–water partition coefficient (Wildman–Crippen LogP) is 7.17. The first-order valence-electron chi connectivity index (χ1n) is 11.2. The van der Waals surface area contributed by atoms with Gasteiger partial charge in [0.05, 0.1) is 0 Å². The Morgan fingerprint density at radius 2 is 1.45 bits per heavy atom. The van der Waals surface area contributed by atoms with Crippen LogP contribution in [0.2, 0.25) is 0 Å². The molecular formula is C31H30. The molecule has 0 spiro atoms. The fraction of sp³-hybridized carbons (Fsp3) is 0.161. The van der Waals surface area contributed by atoms with Gasteiger partial charge in [-0.2, -0.15) is 0 Å². The molecule has 0 N–H and O–H groups in total. The van der Waals surface area contributed by atoms with Crippen molar-refractivity contribution in [3.05, 3.63) is 119 Å². The Kier molecular flexibility index (Phi) is 6.48. The van der Waals surface area contributed by atoms with Crippen molar-refractivity contribution in [2.24, 2.45) is 0 Å². The molecule has 0 unspecified atom stereocenters. The Hall–Kier alpha value is -3.38. The van der Waals surface area contributed by atoms with Crippen molar-refractivity contribution in [1.82, 2.24) is 0 Å². The van der Waals surface area contributed by atoms with Crippen molar-refractivity contribution < 1.29 is 0 Å². The minimum absolute atomic E-state index is 1.01. The summed E-state index contributed by atoms with van der Waals surface area (Å²) in [6.07, 6.45) is 7.94. The SMILES string of the molecule is C1CCC1.C=C/C(c1cc(C)cc(-c2cccc3ccccc23)c1)=c1/ccccc1=C. The second-order valence-corrected chi connectivity index (χ2v) is 8.30. The third kappa shape index (κ3) is 4.70. The summed E-state index contributed by atoms with van der Waals surface area (Å²) in [5, 5.41) is 4.67. The van der Waals surface area contributed by atoms with Crippen LogP contribution in [-0.2, 0) is 0 Å². The molecule has 0 heterocycles. The largest absolute Gasteiger partial charge is 0.0984 e. The van der Waals surface area contributed by atoms with Gasteiger partial charge in [0.1, 0.15) is 0 Å². The quantitative estimate of drug-likeness (QED) is 0.341. The molecule has 0 aliphatic heterocycles. The normalized spacial score (nSPS) is 13.6. The lowest BCUT2D eigenvalue weighted by atomic mass is 9.92. The molecule has 1 saturated carbocycles. The summed E-state index contributed by atoms with van der Waals surface area (Å²) >= 11 is 0. The van der Waals surface area contributed by atoms with Crippen molar-refractivity contribution in [2.75, 3.05) is 0 Å². The van der Waals surface area contributed by atoms with Gasteiger partial charge in [0.25, 0.3) is 0 Å². The molecule has 0 aromatic heterocycles. The van der Waals surface area contributed by atoms with Gasteiger partial charge in [-0.05, 0) is 62.0 Å². The van der Waals surface area contributed by atoms with Crippen LogP contribution >= 0.6 is 0 Å². The lowest BCUT2D eigenvalue weighted by molar-refractivity contribution is 0.504. The van der Waals surface area contributed by atoms with Crippen LogP contribution in [0.1, 0.15) is 36.8 Å². The van der Waals surface area contributed by atoms with Crippen molar-refractivity contribution in [2.45, 2.75) is 32.6 Å². The van der Waals surface area contributed by atoms with Crippen molar-refractivity contribution in [3.63, 3.8) is 0 Å². The predicted molar refractivity (Wildman–Crippen MR) is 137 cm³/mol. The van der Waals surface area contributed by atoms with E-state index < -0.39 is 0 Å². The van der Waals surface area contributed by atoms with Gasteiger partial charge >= 0.3 is 0 Å². The van der Waals surface area contributed by atoms with E-state index in [2.05, 4.69) is 92.9 Å². The molecule has 4 aromatic rings. The van der Waals surface area contributed by atoms with Crippen molar-refractivity contribution >= 4 is 22.9 Å². The molecule has 0 radical (unpaired) electrons. The van der Waals surface area contributed by atoms with Crippen LogP contribution in [0.15, 0.2) is 97.6 Å². The highest BCUT2D eigenvalue weighted by molar-refractivity contribution is 5.97. The Bertz CT molecular complexity index is 1310. The topological polar surface area (TPSA) is 0 Å². The van der Waals surface area contributed by atoms with E-state index in [0.717, 1.165) is 16.0 Å². The Labute approximate surface area is 185 Å². The highest BCUT2D eigenvalue weighted by Gasteiger charge is 2.08. The van der Waals surface area contributed by atoms with E-state index in [1.54, 1.807) is 0 Å². The number of hydrogen-bond acceptors (Lipinski definition) is 0. The lowest BCUT2D eigenvalue weighted by Gasteiger charge is -2.12. The molecule has 0 bridgehead atoms. The maximum Gasteiger partial charge on any atom is -0.0105 e. The molecule has 1 aliphatic rings. The third-order valence-corrected chi connectivity index (χ3v) is 6.00. The molecular weight excluding hydrogens is 372 g/mol. The number of fused-ring (bicyclic) bond motifs is 1. The van der Waals surface area contributed by atoms with Gasteiger partial charge in [-0.25, -0.2) is 0 Å². The van der Waals surface area contributed by atoms with Gasteiger partial charge in [-0.3, -0.25) is 0 Å². The molecule has 31 heavy (non-hydrogen) atoms. The summed E-state index contributed by atoms with van der Waals surface area (Å²) in [6, 6.07) is 30.0. The molecule has 5 rings (SSSR count). The Balaban J connectivity index is 0.000000520. The standard InChI is InChI=1S/C27H22.C4H8/c1-4-24(25-13-7-5-10-20(25)3)22-16-19(2)17-23(18-22)27-15-9-12-21-11-6-8-14-26(21)27;1-2-4-3-1/h4-18H,1,3H2,2H3;1-4H2/b25-24+;. The summed E-state index contributed by atoms with van der Waals surface area (Å²) in [7, 11) is 0. The molecule has 0 heteroatoms. The zero-order valence-corrected chi connectivity index (χ0v) is 18.4. The first kappa shape index (κ1) is 20.9.